The fourth-order valence-electron chi connectivity index (χ4n) is 2.11. The van der Waals surface area contributed by atoms with Crippen molar-refractivity contribution in [2.45, 2.75) is 32.4 Å². The van der Waals surface area contributed by atoms with E-state index in [2.05, 4.69) is 37.9 Å². The van der Waals surface area contributed by atoms with Crippen molar-refractivity contribution in [3.63, 3.8) is 0 Å². The van der Waals surface area contributed by atoms with Crippen LogP contribution in [-0.4, -0.2) is 38.2 Å². The Hall–Kier alpha value is -1.10. The maximum Gasteiger partial charge on any atom is 0.123 e. The van der Waals surface area contributed by atoms with Gasteiger partial charge in [-0.1, -0.05) is 26.0 Å². The van der Waals surface area contributed by atoms with Crippen molar-refractivity contribution >= 4 is 0 Å². The van der Waals surface area contributed by atoms with E-state index in [9.17, 15) is 0 Å². The topological polar surface area (TPSA) is 64.5 Å². The minimum absolute atomic E-state index is 0.0178. The lowest BCUT2D eigenvalue weighted by molar-refractivity contribution is 0.298. The van der Waals surface area contributed by atoms with Crippen LogP contribution < -0.4 is 16.2 Å². The summed E-state index contributed by atoms with van der Waals surface area (Å²) >= 11 is 0. The molecule has 0 bridgehead atoms. The molecule has 1 unspecified atom stereocenters. The summed E-state index contributed by atoms with van der Waals surface area (Å²) in [7, 11) is 3.76. The second-order valence-electron chi connectivity index (χ2n) is 5.42. The smallest absolute Gasteiger partial charge is 0.123 e. The number of nitrogens with zero attached hydrogens (tertiary/aromatic N) is 1. The fourth-order valence-corrected chi connectivity index (χ4v) is 2.11. The van der Waals surface area contributed by atoms with Crippen LogP contribution in [0.2, 0.25) is 0 Å². The second-order valence-corrected chi connectivity index (χ2v) is 5.42. The van der Waals surface area contributed by atoms with Crippen LogP contribution in [0.3, 0.4) is 0 Å². The molecule has 4 heteroatoms. The van der Waals surface area contributed by atoms with Crippen molar-refractivity contribution in [3.8, 4) is 5.75 Å². The molecule has 19 heavy (non-hydrogen) atoms. The highest BCUT2D eigenvalue weighted by atomic mass is 16.5. The number of hydrogen-bond acceptors (Lipinski definition) is 4. The first-order chi connectivity index (χ1) is 8.97. The third-order valence-corrected chi connectivity index (χ3v) is 3.26. The van der Waals surface area contributed by atoms with E-state index < -0.39 is 0 Å². The molecule has 1 atom stereocenters. The Morgan fingerprint density at radius 1 is 1.32 bits per heavy atom. The van der Waals surface area contributed by atoms with Crippen molar-refractivity contribution < 1.29 is 4.74 Å². The van der Waals surface area contributed by atoms with Crippen molar-refractivity contribution in [2.24, 2.45) is 11.5 Å². The lowest BCUT2D eigenvalue weighted by atomic mass is 10.00. The molecule has 0 spiro atoms. The van der Waals surface area contributed by atoms with E-state index >= 15 is 0 Å². The molecule has 0 aliphatic carbocycles. The van der Waals surface area contributed by atoms with Crippen LogP contribution in [0.5, 0.6) is 5.75 Å². The van der Waals surface area contributed by atoms with Crippen molar-refractivity contribution in [1.29, 1.82) is 0 Å². The Labute approximate surface area is 116 Å². The Kier molecular flexibility index (Phi) is 6.28. The highest BCUT2D eigenvalue weighted by molar-refractivity contribution is 5.38. The predicted molar refractivity (Wildman–Crippen MR) is 80.4 cm³/mol. The van der Waals surface area contributed by atoms with E-state index in [-0.39, 0.29) is 6.04 Å². The molecule has 1 aromatic rings. The van der Waals surface area contributed by atoms with Gasteiger partial charge in [0, 0.05) is 31.2 Å². The summed E-state index contributed by atoms with van der Waals surface area (Å²) in [6.45, 7) is 6.50. The number of hydrogen-bond donors (Lipinski definition) is 2. The normalized spacial score (nSPS) is 13.1. The summed E-state index contributed by atoms with van der Waals surface area (Å²) in [5.74, 6) is 1.44. The molecule has 0 aliphatic rings. The van der Waals surface area contributed by atoms with Crippen LogP contribution >= 0.6 is 0 Å². The molecule has 1 rings (SSSR count). The molecule has 0 heterocycles. The number of nitrogens with two attached hydrogens (primary N) is 2. The van der Waals surface area contributed by atoms with Gasteiger partial charge in [-0.2, -0.15) is 0 Å². The van der Waals surface area contributed by atoms with Gasteiger partial charge in [0.05, 0.1) is 7.11 Å². The fraction of sp³-hybridized carbons (Fsp3) is 0.600. The van der Waals surface area contributed by atoms with Crippen molar-refractivity contribution in [1.82, 2.24) is 4.90 Å². The van der Waals surface area contributed by atoms with Crippen molar-refractivity contribution in [2.75, 3.05) is 27.2 Å². The van der Waals surface area contributed by atoms with Crippen LogP contribution in [0, 0.1) is 0 Å². The minimum atomic E-state index is 0.0178. The van der Waals surface area contributed by atoms with Gasteiger partial charge in [-0.05, 0) is 24.6 Å². The van der Waals surface area contributed by atoms with E-state index in [1.165, 1.54) is 11.1 Å². The Morgan fingerprint density at radius 2 is 2.00 bits per heavy atom. The molecule has 0 radical (unpaired) electrons. The van der Waals surface area contributed by atoms with E-state index in [4.69, 9.17) is 16.2 Å². The number of methoxy groups -OCH3 is 1. The molecule has 0 aromatic heterocycles. The van der Waals surface area contributed by atoms with Gasteiger partial charge in [-0.25, -0.2) is 0 Å². The Morgan fingerprint density at radius 3 is 2.53 bits per heavy atom. The average Bonchev–Trinajstić information content (AvgIpc) is 2.38. The van der Waals surface area contributed by atoms with Gasteiger partial charge in [0.15, 0.2) is 0 Å². The largest absolute Gasteiger partial charge is 0.496 e. The number of rotatable bonds is 7. The van der Waals surface area contributed by atoms with Gasteiger partial charge in [0.25, 0.3) is 0 Å². The van der Waals surface area contributed by atoms with Gasteiger partial charge in [0.1, 0.15) is 5.75 Å². The molecule has 0 saturated heterocycles. The summed E-state index contributed by atoms with van der Waals surface area (Å²) in [5.41, 5.74) is 14.0. The summed E-state index contributed by atoms with van der Waals surface area (Å²) in [6.07, 6.45) is 0. The van der Waals surface area contributed by atoms with Gasteiger partial charge >= 0.3 is 0 Å². The molecule has 4 nitrogen and oxygen atoms in total. The quantitative estimate of drug-likeness (QED) is 0.785. The highest BCUT2D eigenvalue weighted by Gasteiger charge is 2.11. The molecule has 4 N–H and O–H groups in total. The summed E-state index contributed by atoms with van der Waals surface area (Å²) in [4.78, 5) is 2.18. The summed E-state index contributed by atoms with van der Waals surface area (Å²) in [5, 5.41) is 0. The first-order valence-electron chi connectivity index (χ1n) is 6.79. The molecule has 0 aliphatic heterocycles. The molecular formula is C15H27N3O. The van der Waals surface area contributed by atoms with Crippen LogP contribution in [0.15, 0.2) is 18.2 Å². The van der Waals surface area contributed by atoms with Crippen LogP contribution in [0.25, 0.3) is 0 Å². The van der Waals surface area contributed by atoms with E-state index in [1.54, 1.807) is 7.11 Å². The number of likely N-dealkylation sites (N-methyl/N-ethyl adjacent to an activating group) is 1. The molecule has 108 valence electrons. The van der Waals surface area contributed by atoms with Gasteiger partial charge in [-0.3, -0.25) is 0 Å². The standard InChI is InChI=1S/C15H27N3O/c1-11(2)12-5-6-15(19-4)13(7-12)9-18(3)10-14(17)8-16/h5-7,11,14H,8-10,16-17H2,1-4H3. The van der Waals surface area contributed by atoms with Gasteiger partial charge in [-0.15, -0.1) is 0 Å². The third kappa shape index (κ3) is 4.82. The first-order valence-corrected chi connectivity index (χ1v) is 6.79. The Balaban J connectivity index is 2.82. The van der Waals surface area contributed by atoms with E-state index in [1.807, 2.05) is 6.07 Å². The molecule has 0 saturated carbocycles. The average molecular weight is 265 g/mol. The zero-order chi connectivity index (χ0) is 14.4. The predicted octanol–water partition coefficient (Wildman–Crippen LogP) is 1.54. The number of ether oxygens (including phenoxy) is 1. The molecule has 1 aromatic carbocycles. The first kappa shape index (κ1) is 16.0. The van der Waals surface area contributed by atoms with Gasteiger partial charge < -0.3 is 21.1 Å². The van der Waals surface area contributed by atoms with E-state index in [0.29, 0.717) is 12.5 Å². The summed E-state index contributed by atoms with van der Waals surface area (Å²) in [6, 6.07) is 6.40. The summed E-state index contributed by atoms with van der Waals surface area (Å²) < 4.78 is 5.43. The van der Waals surface area contributed by atoms with Crippen molar-refractivity contribution in [3.05, 3.63) is 29.3 Å². The van der Waals surface area contributed by atoms with Crippen LogP contribution in [-0.2, 0) is 6.54 Å². The zero-order valence-corrected chi connectivity index (χ0v) is 12.5. The SMILES string of the molecule is COc1ccc(C(C)C)cc1CN(C)CC(N)CN. The Bertz CT molecular complexity index is 393. The monoisotopic (exact) mass is 265 g/mol. The number of benzene rings is 1. The maximum atomic E-state index is 5.88. The lowest BCUT2D eigenvalue weighted by Gasteiger charge is -2.22. The highest BCUT2D eigenvalue weighted by Crippen LogP contribution is 2.25. The molecule has 0 fully saturated rings. The lowest BCUT2D eigenvalue weighted by Crippen LogP contribution is -2.40. The van der Waals surface area contributed by atoms with Gasteiger partial charge in [0.2, 0.25) is 0 Å². The second kappa shape index (κ2) is 7.48. The van der Waals surface area contributed by atoms with Crippen LogP contribution in [0.1, 0.15) is 30.9 Å². The molecular weight excluding hydrogens is 238 g/mol. The molecule has 0 amide bonds. The zero-order valence-electron chi connectivity index (χ0n) is 12.5. The van der Waals surface area contributed by atoms with Crippen LogP contribution in [0.4, 0.5) is 0 Å². The minimum Gasteiger partial charge on any atom is -0.496 e. The third-order valence-electron chi connectivity index (χ3n) is 3.26. The van der Waals surface area contributed by atoms with E-state index in [0.717, 1.165) is 18.8 Å². The maximum absolute atomic E-state index is 5.88.